The summed E-state index contributed by atoms with van der Waals surface area (Å²) in [6.45, 7) is 1.85. The van der Waals surface area contributed by atoms with Crippen molar-refractivity contribution in [3.05, 3.63) is 35.4 Å². The van der Waals surface area contributed by atoms with Crippen molar-refractivity contribution in [3.63, 3.8) is 0 Å². The van der Waals surface area contributed by atoms with E-state index >= 15 is 0 Å². The highest BCUT2D eigenvalue weighted by molar-refractivity contribution is 5.94. The number of rotatable bonds is 4. The van der Waals surface area contributed by atoms with Gasteiger partial charge in [0.25, 0.3) is 0 Å². The Morgan fingerprint density at radius 1 is 1.32 bits per heavy atom. The lowest BCUT2D eigenvalue weighted by molar-refractivity contribution is -0.121. The minimum atomic E-state index is -0.378. The van der Waals surface area contributed by atoms with Crippen molar-refractivity contribution in [2.45, 2.75) is 44.6 Å². The Balaban J connectivity index is 2.09. The fourth-order valence-electron chi connectivity index (χ4n) is 2.80. The van der Waals surface area contributed by atoms with Crippen molar-refractivity contribution in [1.82, 2.24) is 5.32 Å². The van der Waals surface area contributed by atoms with Crippen LogP contribution in [0.3, 0.4) is 0 Å². The van der Waals surface area contributed by atoms with Gasteiger partial charge in [0, 0.05) is 18.0 Å². The summed E-state index contributed by atoms with van der Waals surface area (Å²) < 4.78 is 0. The Morgan fingerprint density at radius 2 is 2.05 bits per heavy atom. The summed E-state index contributed by atoms with van der Waals surface area (Å²) in [5.41, 5.74) is 7.03. The molecule has 0 unspecified atom stereocenters. The molecule has 19 heavy (non-hydrogen) atoms. The maximum Gasteiger partial charge on any atom is 0.248 e. The summed E-state index contributed by atoms with van der Waals surface area (Å²) >= 11 is 0. The van der Waals surface area contributed by atoms with Crippen molar-refractivity contribution < 1.29 is 9.59 Å². The average molecular weight is 260 g/mol. The van der Waals surface area contributed by atoms with Crippen LogP contribution in [0, 0.1) is 0 Å². The van der Waals surface area contributed by atoms with Gasteiger partial charge in [-0.1, -0.05) is 25.1 Å². The van der Waals surface area contributed by atoms with Gasteiger partial charge in [-0.3, -0.25) is 9.59 Å². The number of hydrogen-bond donors (Lipinski definition) is 2. The Morgan fingerprint density at radius 3 is 2.74 bits per heavy atom. The van der Waals surface area contributed by atoms with Gasteiger partial charge in [-0.05, 0) is 36.8 Å². The molecular weight excluding hydrogens is 240 g/mol. The van der Waals surface area contributed by atoms with E-state index in [-0.39, 0.29) is 17.9 Å². The molecule has 0 aliphatic heterocycles. The second kappa shape index (κ2) is 5.87. The first kappa shape index (κ1) is 13.6. The molecule has 0 radical (unpaired) electrons. The van der Waals surface area contributed by atoms with E-state index in [1.165, 1.54) is 0 Å². The van der Waals surface area contributed by atoms with E-state index in [1.807, 2.05) is 25.1 Å². The zero-order valence-corrected chi connectivity index (χ0v) is 11.2. The topological polar surface area (TPSA) is 72.2 Å². The summed E-state index contributed by atoms with van der Waals surface area (Å²) in [5, 5.41) is 3.02. The first-order valence-corrected chi connectivity index (χ1v) is 6.80. The van der Waals surface area contributed by atoms with Gasteiger partial charge in [-0.2, -0.15) is 0 Å². The molecule has 1 aromatic rings. The fraction of sp³-hybridized carbons (Fsp3) is 0.467. The summed E-state index contributed by atoms with van der Waals surface area (Å²) in [6, 6.07) is 7.72. The van der Waals surface area contributed by atoms with Gasteiger partial charge >= 0.3 is 0 Å². The second-order valence-electron chi connectivity index (χ2n) is 5.08. The van der Waals surface area contributed by atoms with Crippen LogP contribution in [-0.2, 0) is 4.79 Å². The number of primary amides is 1. The molecule has 0 bridgehead atoms. The lowest BCUT2D eigenvalue weighted by Crippen LogP contribution is -2.32. The van der Waals surface area contributed by atoms with Crippen LogP contribution in [0.2, 0.25) is 0 Å². The number of benzene rings is 1. The van der Waals surface area contributed by atoms with Crippen LogP contribution in [0.5, 0.6) is 0 Å². The molecule has 0 spiro atoms. The third kappa shape index (κ3) is 3.13. The molecule has 1 aromatic carbocycles. The molecule has 2 rings (SSSR count). The summed E-state index contributed by atoms with van der Waals surface area (Å²) in [4.78, 5) is 22.8. The van der Waals surface area contributed by atoms with Crippen LogP contribution < -0.4 is 11.1 Å². The molecule has 0 heterocycles. The average Bonchev–Trinajstić information content (AvgIpc) is 2.86. The SMILES string of the molecule is CCC(=O)N[C@H]1CC[C@@H](c2ccccc2C(N)=O)C1. The van der Waals surface area contributed by atoms with Gasteiger partial charge in [-0.25, -0.2) is 0 Å². The van der Waals surface area contributed by atoms with E-state index in [1.54, 1.807) is 6.07 Å². The van der Waals surface area contributed by atoms with Gasteiger partial charge in [0.2, 0.25) is 11.8 Å². The quantitative estimate of drug-likeness (QED) is 0.868. The van der Waals surface area contributed by atoms with Crippen molar-refractivity contribution in [1.29, 1.82) is 0 Å². The van der Waals surface area contributed by atoms with Crippen LogP contribution in [0.25, 0.3) is 0 Å². The molecule has 1 saturated carbocycles. The van der Waals surface area contributed by atoms with Crippen molar-refractivity contribution >= 4 is 11.8 Å². The maximum absolute atomic E-state index is 11.4. The number of nitrogens with two attached hydrogens (primary N) is 1. The third-order valence-electron chi connectivity index (χ3n) is 3.78. The monoisotopic (exact) mass is 260 g/mol. The minimum Gasteiger partial charge on any atom is -0.366 e. The van der Waals surface area contributed by atoms with Crippen LogP contribution >= 0.6 is 0 Å². The molecule has 2 atom stereocenters. The zero-order valence-electron chi connectivity index (χ0n) is 11.2. The molecule has 1 aliphatic carbocycles. The Labute approximate surface area is 113 Å². The van der Waals surface area contributed by atoms with Crippen LogP contribution in [-0.4, -0.2) is 17.9 Å². The first-order valence-electron chi connectivity index (χ1n) is 6.80. The molecule has 102 valence electrons. The molecule has 1 aliphatic rings. The third-order valence-corrected chi connectivity index (χ3v) is 3.78. The fourth-order valence-corrected chi connectivity index (χ4v) is 2.80. The van der Waals surface area contributed by atoms with E-state index in [0.29, 0.717) is 17.9 Å². The zero-order chi connectivity index (χ0) is 13.8. The van der Waals surface area contributed by atoms with E-state index in [4.69, 9.17) is 5.73 Å². The van der Waals surface area contributed by atoms with E-state index in [0.717, 1.165) is 24.8 Å². The van der Waals surface area contributed by atoms with Crippen molar-refractivity contribution in [2.75, 3.05) is 0 Å². The van der Waals surface area contributed by atoms with E-state index in [2.05, 4.69) is 5.32 Å². The summed E-state index contributed by atoms with van der Waals surface area (Å²) in [5.74, 6) is 0.0244. The number of nitrogens with one attached hydrogen (secondary N) is 1. The first-order chi connectivity index (χ1) is 9.11. The predicted molar refractivity (Wildman–Crippen MR) is 73.8 cm³/mol. The molecule has 3 N–H and O–H groups in total. The Hall–Kier alpha value is -1.84. The normalized spacial score (nSPS) is 22.2. The molecule has 0 aromatic heterocycles. The number of amides is 2. The Bertz CT molecular complexity index is 485. The van der Waals surface area contributed by atoms with Gasteiger partial charge < -0.3 is 11.1 Å². The van der Waals surface area contributed by atoms with E-state index < -0.39 is 0 Å². The largest absolute Gasteiger partial charge is 0.366 e. The molecule has 2 amide bonds. The lowest BCUT2D eigenvalue weighted by atomic mass is 9.92. The second-order valence-corrected chi connectivity index (χ2v) is 5.08. The maximum atomic E-state index is 11.4. The van der Waals surface area contributed by atoms with Crippen LogP contribution in [0.1, 0.15) is 54.4 Å². The highest BCUT2D eigenvalue weighted by atomic mass is 16.2. The standard InChI is InChI=1S/C15H20N2O2/c1-2-14(18)17-11-8-7-10(9-11)12-5-3-4-6-13(12)15(16)19/h3-6,10-11H,2,7-9H2,1H3,(H2,16,19)(H,17,18)/t10-,11+/m1/s1. The summed E-state index contributed by atoms with van der Waals surface area (Å²) in [7, 11) is 0. The molecule has 4 nitrogen and oxygen atoms in total. The van der Waals surface area contributed by atoms with E-state index in [9.17, 15) is 9.59 Å². The van der Waals surface area contributed by atoms with Crippen LogP contribution in [0.4, 0.5) is 0 Å². The summed E-state index contributed by atoms with van der Waals surface area (Å²) in [6.07, 6.45) is 3.34. The number of hydrogen-bond acceptors (Lipinski definition) is 2. The Kier molecular flexibility index (Phi) is 4.20. The highest BCUT2D eigenvalue weighted by Gasteiger charge is 2.28. The van der Waals surface area contributed by atoms with Gasteiger partial charge in [0.1, 0.15) is 0 Å². The molecule has 1 fully saturated rings. The molecular formula is C15H20N2O2. The van der Waals surface area contributed by atoms with Crippen molar-refractivity contribution in [2.24, 2.45) is 5.73 Å². The van der Waals surface area contributed by atoms with Gasteiger partial charge in [0.05, 0.1) is 0 Å². The lowest BCUT2D eigenvalue weighted by Gasteiger charge is -2.15. The molecule has 0 saturated heterocycles. The number of carbonyl (C=O) groups excluding carboxylic acids is 2. The minimum absolute atomic E-state index is 0.0915. The predicted octanol–water partition coefficient (Wildman–Crippen LogP) is 1.95. The smallest absolute Gasteiger partial charge is 0.248 e. The van der Waals surface area contributed by atoms with Crippen molar-refractivity contribution in [3.8, 4) is 0 Å². The van der Waals surface area contributed by atoms with Gasteiger partial charge in [-0.15, -0.1) is 0 Å². The van der Waals surface area contributed by atoms with Gasteiger partial charge in [0.15, 0.2) is 0 Å². The highest BCUT2D eigenvalue weighted by Crippen LogP contribution is 2.36. The number of carbonyl (C=O) groups is 2. The molecule has 4 heteroatoms. The van der Waals surface area contributed by atoms with Crippen LogP contribution in [0.15, 0.2) is 24.3 Å².